The third-order valence-corrected chi connectivity index (χ3v) is 3.64. The summed E-state index contributed by atoms with van der Waals surface area (Å²) in [5.41, 5.74) is 4.66. The van der Waals surface area contributed by atoms with Crippen LogP contribution in [0.5, 0.6) is 0 Å². The molecule has 0 atom stereocenters. The number of carbonyl (C=O) groups excluding carboxylic acids is 1. The number of nitrogens with two attached hydrogens (primary N) is 1. The Morgan fingerprint density at radius 1 is 1.10 bits per heavy atom. The molecule has 4 nitrogen and oxygen atoms in total. The Bertz CT molecular complexity index is 681. The van der Waals surface area contributed by atoms with Crippen molar-refractivity contribution in [3.63, 3.8) is 0 Å². The highest BCUT2D eigenvalue weighted by atomic mass is 35.5. The van der Waals surface area contributed by atoms with Crippen molar-refractivity contribution in [2.45, 2.75) is 6.92 Å². The summed E-state index contributed by atoms with van der Waals surface area (Å²) in [6, 6.07) is 8.24. The van der Waals surface area contributed by atoms with Crippen molar-refractivity contribution >= 4 is 52.1 Å². The first kappa shape index (κ1) is 15.9. The van der Waals surface area contributed by atoms with Crippen LogP contribution in [0.15, 0.2) is 30.3 Å². The van der Waals surface area contributed by atoms with Crippen LogP contribution in [0, 0.1) is 6.92 Å². The summed E-state index contributed by atoms with van der Waals surface area (Å²) in [7, 11) is 0. The summed E-state index contributed by atoms with van der Waals surface area (Å²) in [6.45, 7) is 1.90. The van der Waals surface area contributed by atoms with Crippen LogP contribution in [0.1, 0.15) is 15.9 Å². The van der Waals surface area contributed by atoms with Crippen molar-refractivity contribution in [3.05, 3.63) is 56.5 Å². The number of nitrogens with one attached hydrogen (secondary N) is 2. The number of nitrogen functional groups attached to an aromatic ring is 1. The molecule has 0 heterocycles. The second-order valence-electron chi connectivity index (χ2n) is 4.39. The van der Waals surface area contributed by atoms with E-state index in [1.165, 1.54) is 12.1 Å². The molecule has 0 aromatic heterocycles. The minimum atomic E-state index is -0.380. The van der Waals surface area contributed by atoms with E-state index in [4.69, 9.17) is 40.6 Å². The molecule has 2 rings (SSSR count). The highest BCUT2D eigenvalue weighted by Crippen LogP contribution is 2.34. The van der Waals surface area contributed by atoms with Crippen molar-refractivity contribution in [2.24, 2.45) is 5.84 Å². The summed E-state index contributed by atoms with van der Waals surface area (Å²) in [5, 5.41) is 3.57. The molecule has 110 valence electrons. The van der Waals surface area contributed by atoms with Crippen molar-refractivity contribution in [1.82, 2.24) is 0 Å². The number of halogens is 3. The summed E-state index contributed by atoms with van der Waals surface area (Å²) >= 11 is 17.9. The Labute approximate surface area is 137 Å². The van der Waals surface area contributed by atoms with Gasteiger partial charge in [0.2, 0.25) is 0 Å². The molecule has 7 heteroatoms. The molecule has 0 fully saturated rings. The molecule has 4 N–H and O–H groups in total. The summed E-state index contributed by atoms with van der Waals surface area (Å²) < 4.78 is 0. The lowest BCUT2D eigenvalue weighted by molar-refractivity contribution is 0.102. The number of hydrogen-bond donors (Lipinski definition) is 3. The summed E-state index contributed by atoms with van der Waals surface area (Å²) in [4.78, 5) is 12.3. The van der Waals surface area contributed by atoms with Crippen LogP contribution in [-0.2, 0) is 0 Å². The lowest BCUT2D eigenvalue weighted by atomic mass is 10.1. The number of rotatable bonds is 3. The van der Waals surface area contributed by atoms with Crippen LogP contribution < -0.4 is 16.6 Å². The van der Waals surface area contributed by atoms with Gasteiger partial charge in [-0.1, -0.05) is 40.9 Å². The molecule has 1 amide bonds. The van der Waals surface area contributed by atoms with Gasteiger partial charge in [0.15, 0.2) is 0 Å². The van der Waals surface area contributed by atoms with Crippen molar-refractivity contribution in [3.8, 4) is 0 Å². The fourth-order valence-corrected chi connectivity index (χ4v) is 2.73. The molecule has 0 aliphatic heterocycles. The van der Waals surface area contributed by atoms with Gasteiger partial charge in [-0.3, -0.25) is 10.6 Å². The smallest absolute Gasteiger partial charge is 0.257 e. The average molecular weight is 345 g/mol. The fraction of sp³-hybridized carbons (Fsp3) is 0.0714. The molecular formula is C14H12Cl3N3O. The van der Waals surface area contributed by atoms with E-state index in [0.29, 0.717) is 22.0 Å². The van der Waals surface area contributed by atoms with Gasteiger partial charge >= 0.3 is 0 Å². The lowest BCUT2D eigenvalue weighted by Crippen LogP contribution is -2.17. The topological polar surface area (TPSA) is 67.2 Å². The number of benzene rings is 2. The van der Waals surface area contributed by atoms with E-state index in [0.717, 1.165) is 5.56 Å². The first-order valence-corrected chi connectivity index (χ1v) is 7.09. The van der Waals surface area contributed by atoms with Crippen LogP contribution in [0.3, 0.4) is 0 Å². The molecule has 0 unspecified atom stereocenters. The van der Waals surface area contributed by atoms with Gasteiger partial charge in [0, 0.05) is 5.02 Å². The molecular weight excluding hydrogens is 333 g/mol. The SMILES string of the molecule is Cc1ccc(C(=O)Nc2c(Cl)cc(Cl)cc2Cl)c(NN)c1. The molecule has 0 saturated carbocycles. The van der Waals surface area contributed by atoms with Crippen LogP contribution in [-0.4, -0.2) is 5.91 Å². The Hall–Kier alpha value is -1.46. The largest absolute Gasteiger partial charge is 0.323 e. The minimum absolute atomic E-state index is 0.259. The Morgan fingerprint density at radius 2 is 1.71 bits per heavy atom. The molecule has 0 bridgehead atoms. The Kier molecular flexibility index (Phi) is 4.96. The highest BCUT2D eigenvalue weighted by molar-refractivity contribution is 6.42. The Balaban J connectivity index is 2.35. The van der Waals surface area contributed by atoms with Crippen molar-refractivity contribution < 1.29 is 4.79 Å². The number of aryl methyl sites for hydroxylation is 1. The first-order valence-electron chi connectivity index (χ1n) is 5.95. The zero-order valence-corrected chi connectivity index (χ0v) is 13.3. The monoisotopic (exact) mass is 343 g/mol. The van der Waals surface area contributed by atoms with E-state index in [9.17, 15) is 4.79 Å². The highest BCUT2D eigenvalue weighted by Gasteiger charge is 2.15. The van der Waals surface area contributed by atoms with Gasteiger partial charge in [-0.15, -0.1) is 0 Å². The van der Waals surface area contributed by atoms with Gasteiger partial charge in [-0.25, -0.2) is 0 Å². The van der Waals surface area contributed by atoms with Crippen LogP contribution in [0.2, 0.25) is 15.1 Å². The molecule has 0 aliphatic rings. The summed E-state index contributed by atoms with van der Waals surface area (Å²) in [5.74, 6) is 5.05. The standard InChI is InChI=1S/C14H12Cl3N3O/c1-7-2-3-9(12(4-7)20-18)14(21)19-13-10(16)5-8(15)6-11(13)17/h2-6,20H,18H2,1H3,(H,19,21). The average Bonchev–Trinajstić information content (AvgIpc) is 2.42. The number of anilines is 2. The second kappa shape index (κ2) is 6.54. The molecule has 21 heavy (non-hydrogen) atoms. The number of hydrogen-bond acceptors (Lipinski definition) is 3. The number of amides is 1. The van der Waals surface area contributed by atoms with Gasteiger partial charge in [0.1, 0.15) is 0 Å². The van der Waals surface area contributed by atoms with Crippen LogP contribution >= 0.6 is 34.8 Å². The zero-order chi connectivity index (χ0) is 15.6. The van der Waals surface area contributed by atoms with E-state index in [-0.39, 0.29) is 16.0 Å². The molecule has 2 aromatic carbocycles. The molecule has 2 aromatic rings. The van der Waals surface area contributed by atoms with Crippen LogP contribution in [0.4, 0.5) is 11.4 Å². The zero-order valence-electron chi connectivity index (χ0n) is 11.0. The molecule has 0 radical (unpaired) electrons. The van der Waals surface area contributed by atoms with Gasteiger partial charge in [0.05, 0.1) is 27.0 Å². The van der Waals surface area contributed by atoms with E-state index in [1.807, 2.05) is 6.92 Å². The number of hydrazine groups is 1. The minimum Gasteiger partial charge on any atom is -0.323 e. The van der Waals surface area contributed by atoms with E-state index in [2.05, 4.69) is 10.7 Å². The van der Waals surface area contributed by atoms with Gasteiger partial charge < -0.3 is 10.7 Å². The molecule has 0 saturated heterocycles. The maximum Gasteiger partial charge on any atom is 0.257 e. The van der Waals surface area contributed by atoms with Crippen molar-refractivity contribution in [1.29, 1.82) is 0 Å². The van der Waals surface area contributed by atoms with Gasteiger partial charge in [-0.2, -0.15) is 0 Å². The second-order valence-corrected chi connectivity index (χ2v) is 5.64. The number of carbonyl (C=O) groups is 1. The molecule has 0 spiro atoms. The van der Waals surface area contributed by atoms with E-state index in [1.54, 1.807) is 18.2 Å². The predicted octanol–water partition coefficient (Wildman–Crippen LogP) is 4.49. The predicted molar refractivity (Wildman–Crippen MR) is 88.4 cm³/mol. The van der Waals surface area contributed by atoms with Gasteiger partial charge in [0.25, 0.3) is 5.91 Å². The third-order valence-electron chi connectivity index (χ3n) is 2.82. The summed E-state index contributed by atoms with van der Waals surface area (Å²) in [6.07, 6.45) is 0. The third kappa shape index (κ3) is 3.60. The normalized spacial score (nSPS) is 10.3. The lowest BCUT2D eigenvalue weighted by Gasteiger charge is -2.13. The van der Waals surface area contributed by atoms with Crippen molar-refractivity contribution in [2.75, 3.05) is 10.7 Å². The maximum absolute atomic E-state index is 12.3. The van der Waals surface area contributed by atoms with E-state index < -0.39 is 0 Å². The molecule has 0 aliphatic carbocycles. The fourth-order valence-electron chi connectivity index (χ4n) is 1.82. The maximum atomic E-state index is 12.3. The van der Waals surface area contributed by atoms with E-state index >= 15 is 0 Å². The quantitative estimate of drug-likeness (QED) is 0.567. The van der Waals surface area contributed by atoms with Crippen LogP contribution in [0.25, 0.3) is 0 Å². The first-order chi connectivity index (χ1) is 9.92. The van der Waals surface area contributed by atoms with Gasteiger partial charge in [-0.05, 0) is 36.8 Å². The Morgan fingerprint density at radius 3 is 2.29 bits per heavy atom.